The van der Waals surface area contributed by atoms with E-state index in [1.807, 2.05) is 6.07 Å². The molecule has 0 radical (unpaired) electrons. The molecule has 3 heteroatoms. The largest absolute Gasteiger partial charge is 0.311 e. The number of nitriles is 1. The molecule has 1 heterocycles. The van der Waals surface area contributed by atoms with E-state index in [4.69, 9.17) is 0 Å². The lowest BCUT2D eigenvalue weighted by molar-refractivity contribution is 0.131. The number of hydrogen-bond donors (Lipinski definition) is 2. The average Bonchev–Trinajstić information content (AvgIpc) is 2.54. The van der Waals surface area contributed by atoms with Gasteiger partial charge in [0.25, 0.3) is 0 Å². The van der Waals surface area contributed by atoms with E-state index in [2.05, 4.69) is 68.7 Å². The number of rotatable bonds is 3. The molecule has 1 saturated carbocycles. The van der Waals surface area contributed by atoms with Gasteiger partial charge in [0.1, 0.15) is 0 Å². The van der Waals surface area contributed by atoms with Crippen molar-refractivity contribution >= 4 is 0 Å². The summed E-state index contributed by atoms with van der Waals surface area (Å²) in [5.41, 5.74) is 1.26. The van der Waals surface area contributed by atoms with Gasteiger partial charge >= 0.3 is 0 Å². The predicted molar refractivity (Wildman–Crippen MR) is 103 cm³/mol. The smallest absolute Gasteiger partial charge is 0.0823 e. The summed E-state index contributed by atoms with van der Waals surface area (Å²) in [5.74, 6) is 0. The molecule has 0 bridgehead atoms. The van der Waals surface area contributed by atoms with Crippen LogP contribution in [0.3, 0.4) is 0 Å². The second-order valence-electron chi connectivity index (χ2n) is 9.50. The normalized spacial score (nSPS) is 32.0. The Morgan fingerprint density at radius 3 is 2.04 bits per heavy atom. The first-order chi connectivity index (χ1) is 11.7. The Morgan fingerprint density at radius 2 is 1.52 bits per heavy atom. The van der Waals surface area contributed by atoms with Crippen molar-refractivity contribution in [2.45, 2.75) is 94.8 Å². The van der Waals surface area contributed by atoms with Crippen LogP contribution in [0.2, 0.25) is 0 Å². The fourth-order valence-corrected chi connectivity index (χ4v) is 5.27. The molecule has 0 unspecified atom stereocenters. The van der Waals surface area contributed by atoms with E-state index in [0.717, 1.165) is 38.5 Å². The number of nitrogens with one attached hydrogen (secondary N) is 2. The quantitative estimate of drug-likeness (QED) is 0.863. The maximum absolute atomic E-state index is 9.86. The van der Waals surface area contributed by atoms with Crippen LogP contribution < -0.4 is 10.6 Å². The maximum Gasteiger partial charge on any atom is 0.0823 e. The highest BCUT2D eigenvalue weighted by atomic mass is 15.1. The topological polar surface area (TPSA) is 47.9 Å². The zero-order valence-corrected chi connectivity index (χ0v) is 16.2. The van der Waals surface area contributed by atoms with Crippen LogP contribution in [0, 0.1) is 11.3 Å². The summed E-state index contributed by atoms with van der Waals surface area (Å²) in [7, 11) is 0. The second-order valence-corrected chi connectivity index (χ2v) is 9.50. The van der Waals surface area contributed by atoms with Crippen LogP contribution in [0.1, 0.15) is 71.8 Å². The molecule has 1 saturated heterocycles. The minimum Gasteiger partial charge on any atom is -0.311 e. The van der Waals surface area contributed by atoms with Crippen molar-refractivity contribution in [1.29, 1.82) is 5.26 Å². The molecule has 1 aromatic carbocycles. The van der Waals surface area contributed by atoms with Gasteiger partial charge in [-0.3, -0.25) is 0 Å². The Hall–Kier alpha value is -1.37. The fraction of sp³-hybridized carbons (Fsp3) is 0.682. The van der Waals surface area contributed by atoms with Crippen molar-refractivity contribution in [3.8, 4) is 6.07 Å². The zero-order valence-electron chi connectivity index (χ0n) is 16.2. The number of benzene rings is 1. The number of nitrogens with zero attached hydrogens (tertiary/aromatic N) is 1. The Balaban J connectivity index is 1.62. The average molecular weight is 340 g/mol. The molecule has 1 aliphatic carbocycles. The standard InChI is InChI=1S/C22H33N3/c1-20(2)14-19(15-21(3,4)25-20)24-18-10-12-22(16-23,13-11-18)17-8-6-5-7-9-17/h5-9,18-19,24-25H,10-15H2,1-4H3. The first kappa shape index (κ1) is 18.4. The van der Waals surface area contributed by atoms with Crippen LogP contribution in [0.4, 0.5) is 0 Å². The van der Waals surface area contributed by atoms with Gasteiger partial charge in [-0.15, -0.1) is 0 Å². The van der Waals surface area contributed by atoms with Gasteiger partial charge in [0.05, 0.1) is 11.5 Å². The third-order valence-electron chi connectivity index (χ3n) is 6.04. The minimum absolute atomic E-state index is 0.175. The summed E-state index contributed by atoms with van der Waals surface area (Å²) >= 11 is 0. The van der Waals surface area contributed by atoms with E-state index < -0.39 is 0 Å². The van der Waals surface area contributed by atoms with Gasteiger partial charge in [-0.25, -0.2) is 0 Å². The summed E-state index contributed by atoms with van der Waals surface area (Å²) in [6, 6.07) is 14.1. The van der Waals surface area contributed by atoms with Crippen molar-refractivity contribution in [3.63, 3.8) is 0 Å². The van der Waals surface area contributed by atoms with Gasteiger partial charge in [0, 0.05) is 23.2 Å². The van der Waals surface area contributed by atoms with Gasteiger partial charge in [0.2, 0.25) is 0 Å². The van der Waals surface area contributed by atoms with Gasteiger partial charge in [-0.1, -0.05) is 30.3 Å². The molecule has 1 aliphatic heterocycles. The Morgan fingerprint density at radius 1 is 0.960 bits per heavy atom. The van der Waals surface area contributed by atoms with Gasteiger partial charge in [-0.05, 0) is 71.8 Å². The monoisotopic (exact) mass is 339 g/mol. The van der Waals surface area contributed by atoms with Crippen molar-refractivity contribution in [2.24, 2.45) is 0 Å². The molecule has 0 atom stereocenters. The summed E-state index contributed by atoms with van der Waals surface area (Å²) < 4.78 is 0. The molecule has 0 spiro atoms. The number of piperidine rings is 1. The lowest BCUT2D eigenvalue weighted by Gasteiger charge is -2.48. The highest BCUT2D eigenvalue weighted by molar-refractivity contribution is 5.33. The molecule has 3 nitrogen and oxygen atoms in total. The van der Waals surface area contributed by atoms with Crippen LogP contribution in [0.5, 0.6) is 0 Å². The van der Waals surface area contributed by atoms with Crippen molar-refractivity contribution < 1.29 is 0 Å². The first-order valence-corrected chi connectivity index (χ1v) is 9.76. The highest BCUT2D eigenvalue weighted by Gasteiger charge is 2.41. The third kappa shape index (κ3) is 4.25. The Kier molecular flexibility index (Phi) is 4.97. The van der Waals surface area contributed by atoms with Crippen LogP contribution in [-0.4, -0.2) is 23.2 Å². The second kappa shape index (κ2) is 6.74. The molecule has 25 heavy (non-hydrogen) atoms. The Bertz CT molecular complexity index is 602. The molecule has 0 aromatic heterocycles. The Labute approximate surface area is 153 Å². The zero-order chi connectivity index (χ0) is 18.1. The number of hydrogen-bond acceptors (Lipinski definition) is 3. The van der Waals surface area contributed by atoms with E-state index in [-0.39, 0.29) is 16.5 Å². The van der Waals surface area contributed by atoms with E-state index in [9.17, 15) is 5.26 Å². The first-order valence-electron chi connectivity index (χ1n) is 9.76. The van der Waals surface area contributed by atoms with Gasteiger partial charge in [0.15, 0.2) is 0 Å². The molecule has 2 fully saturated rings. The molecule has 0 amide bonds. The molecule has 1 aromatic rings. The molecule has 2 N–H and O–H groups in total. The van der Waals surface area contributed by atoms with Crippen LogP contribution in [-0.2, 0) is 5.41 Å². The van der Waals surface area contributed by atoms with E-state index in [0.29, 0.717) is 12.1 Å². The van der Waals surface area contributed by atoms with Gasteiger partial charge in [-0.2, -0.15) is 5.26 Å². The lowest BCUT2D eigenvalue weighted by atomic mass is 9.69. The summed E-state index contributed by atoms with van der Waals surface area (Å²) in [4.78, 5) is 0. The van der Waals surface area contributed by atoms with Gasteiger partial charge < -0.3 is 10.6 Å². The molecule has 2 aliphatic rings. The van der Waals surface area contributed by atoms with Crippen molar-refractivity contribution in [1.82, 2.24) is 10.6 Å². The molecular weight excluding hydrogens is 306 g/mol. The summed E-state index contributed by atoms with van der Waals surface area (Å²) in [5, 5.41) is 17.6. The lowest BCUT2D eigenvalue weighted by Crippen LogP contribution is -2.62. The molecular formula is C22H33N3. The minimum atomic E-state index is -0.286. The van der Waals surface area contributed by atoms with E-state index >= 15 is 0 Å². The van der Waals surface area contributed by atoms with Crippen molar-refractivity contribution in [2.75, 3.05) is 0 Å². The SMILES string of the molecule is CC1(C)CC(NC2CCC(C#N)(c3ccccc3)CC2)CC(C)(C)N1. The molecule has 3 rings (SSSR count). The molecule has 136 valence electrons. The van der Waals surface area contributed by atoms with E-state index in [1.54, 1.807) is 0 Å². The summed E-state index contributed by atoms with van der Waals surface area (Å²) in [6.45, 7) is 9.22. The summed E-state index contributed by atoms with van der Waals surface area (Å²) in [6.07, 6.45) is 6.43. The van der Waals surface area contributed by atoms with Crippen LogP contribution in [0.25, 0.3) is 0 Å². The predicted octanol–water partition coefficient (Wildman–Crippen LogP) is 4.29. The van der Waals surface area contributed by atoms with Crippen LogP contribution >= 0.6 is 0 Å². The fourth-order valence-electron chi connectivity index (χ4n) is 5.27. The maximum atomic E-state index is 9.86. The van der Waals surface area contributed by atoms with Crippen molar-refractivity contribution in [3.05, 3.63) is 35.9 Å². The third-order valence-corrected chi connectivity index (χ3v) is 6.04. The highest BCUT2D eigenvalue weighted by Crippen LogP contribution is 2.39. The van der Waals surface area contributed by atoms with Crippen LogP contribution in [0.15, 0.2) is 30.3 Å². The van der Waals surface area contributed by atoms with E-state index in [1.165, 1.54) is 5.56 Å².